The van der Waals surface area contributed by atoms with Gasteiger partial charge in [0.05, 0.1) is 12.1 Å². The molecule has 1 atom stereocenters. The SMILES string of the molecule is COc1ccc(Cl)c(S(=O)(=O)N2CCCC(N)C2)c1.Cl. The first-order valence-corrected chi connectivity index (χ1v) is 7.86. The minimum atomic E-state index is -3.62. The van der Waals surface area contributed by atoms with Crippen LogP contribution < -0.4 is 10.5 Å². The molecule has 1 aromatic carbocycles. The minimum absolute atomic E-state index is 0. The van der Waals surface area contributed by atoms with Crippen LogP contribution in [0.1, 0.15) is 12.8 Å². The van der Waals surface area contributed by atoms with Crippen LogP contribution in [0.2, 0.25) is 5.02 Å². The third kappa shape index (κ3) is 3.56. The van der Waals surface area contributed by atoms with Gasteiger partial charge in [0, 0.05) is 25.2 Å². The highest BCUT2D eigenvalue weighted by Crippen LogP contribution is 2.29. The quantitative estimate of drug-likeness (QED) is 0.911. The number of nitrogens with zero attached hydrogens (tertiary/aromatic N) is 1. The van der Waals surface area contributed by atoms with Crippen LogP contribution in [0.5, 0.6) is 5.75 Å². The summed E-state index contributed by atoms with van der Waals surface area (Å²) in [6.45, 7) is 0.805. The van der Waals surface area contributed by atoms with Crippen LogP contribution in [0.25, 0.3) is 0 Å². The molecule has 1 aliphatic heterocycles. The first kappa shape index (κ1) is 17.5. The van der Waals surface area contributed by atoms with Gasteiger partial charge in [-0.25, -0.2) is 8.42 Å². The van der Waals surface area contributed by atoms with Gasteiger partial charge in [-0.05, 0) is 25.0 Å². The molecule has 0 saturated carbocycles. The first-order chi connectivity index (χ1) is 8.95. The zero-order valence-electron chi connectivity index (χ0n) is 11.1. The number of methoxy groups -OCH3 is 1. The Morgan fingerprint density at radius 3 is 2.75 bits per heavy atom. The van der Waals surface area contributed by atoms with Gasteiger partial charge in [0.15, 0.2) is 0 Å². The molecule has 0 aromatic heterocycles. The number of nitrogens with two attached hydrogens (primary N) is 1. The number of rotatable bonds is 3. The molecule has 1 unspecified atom stereocenters. The Hall–Kier alpha value is -0.530. The molecule has 0 radical (unpaired) electrons. The molecule has 0 aliphatic carbocycles. The molecule has 0 spiro atoms. The highest BCUT2D eigenvalue weighted by molar-refractivity contribution is 7.89. The molecule has 20 heavy (non-hydrogen) atoms. The van der Waals surface area contributed by atoms with E-state index in [2.05, 4.69) is 0 Å². The maximum Gasteiger partial charge on any atom is 0.244 e. The molecule has 2 N–H and O–H groups in total. The number of benzene rings is 1. The van der Waals surface area contributed by atoms with Crippen LogP contribution in [-0.4, -0.2) is 39.0 Å². The third-order valence-electron chi connectivity index (χ3n) is 3.18. The molecule has 1 saturated heterocycles. The predicted octanol–water partition coefficient (Wildman–Crippen LogP) is 1.88. The van der Waals surface area contributed by atoms with Crippen molar-refractivity contribution in [2.75, 3.05) is 20.2 Å². The standard InChI is InChI=1S/C12H17ClN2O3S.ClH/c1-18-10-4-5-11(13)12(7-10)19(16,17)15-6-2-3-9(14)8-15;/h4-5,7,9H,2-3,6,8,14H2,1H3;1H. The number of hydrogen-bond acceptors (Lipinski definition) is 4. The van der Waals surface area contributed by atoms with Crippen LogP contribution in [0, 0.1) is 0 Å². The van der Waals surface area contributed by atoms with Crippen molar-refractivity contribution in [3.8, 4) is 5.75 Å². The molecule has 0 amide bonds. The average molecular weight is 341 g/mol. The summed E-state index contributed by atoms with van der Waals surface area (Å²) in [6.07, 6.45) is 1.61. The van der Waals surface area contributed by atoms with Crippen molar-refractivity contribution in [2.45, 2.75) is 23.8 Å². The molecule has 114 valence electrons. The Morgan fingerprint density at radius 1 is 1.45 bits per heavy atom. The van der Waals surface area contributed by atoms with Crippen LogP contribution >= 0.6 is 24.0 Å². The maximum atomic E-state index is 12.6. The summed E-state index contributed by atoms with van der Waals surface area (Å²) < 4.78 is 31.5. The topological polar surface area (TPSA) is 72.6 Å². The summed E-state index contributed by atoms with van der Waals surface area (Å²) in [5.41, 5.74) is 5.83. The predicted molar refractivity (Wildman–Crippen MR) is 81.2 cm³/mol. The van der Waals surface area contributed by atoms with E-state index >= 15 is 0 Å². The van der Waals surface area contributed by atoms with Crippen LogP contribution in [0.4, 0.5) is 0 Å². The fourth-order valence-electron chi connectivity index (χ4n) is 2.14. The van der Waals surface area contributed by atoms with E-state index < -0.39 is 10.0 Å². The second-order valence-electron chi connectivity index (χ2n) is 4.56. The molecule has 2 rings (SSSR count). The third-order valence-corrected chi connectivity index (χ3v) is 5.52. The molecular formula is C12H18Cl2N2O3S. The second kappa shape index (κ2) is 6.95. The van der Waals surface area contributed by atoms with Gasteiger partial charge < -0.3 is 10.5 Å². The zero-order chi connectivity index (χ0) is 14.0. The van der Waals surface area contributed by atoms with E-state index in [4.69, 9.17) is 22.1 Å². The second-order valence-corrected chi connectivity index (χ2v) is 6.88. The van der Waals surface area contributed by atoms with Crippen LogP contribution in [0.15, 0.2) is 23.1 Å². The van der Waals surface area contributed by atoms with Crippen molar-refractivity contribution in [3.63, 3.8) is 0 Å². The van der Waals surface area contributed by atoms with E-state index in [9.17, 15) is 8.42 Å². The lowest BCUT2D eigenvalue weighted by Crippen LogP contribution is -2.45. The Labute approximate surface area is 130 Å². The van der Waals surface area contributed by atoms with Gasteiger partial charge in [-0.15, -0.1) is 12.4 Å². The van der Waals surface area contributed by atoms with Crippen LogP contribution in [0.3, 0.4) is 0 Å². The summed E-state index contributed by atoms with van der Waals surface area (Å²) in [5.74, 6) is 0.462. The van der Waals surface area contributed by atoms with Gasteiger partial charge in [-0.1, -0.05) is 11.6 Å². The molecule has 1 aromatic rings. The zero-order valence-corrected chi connectivity index (χ0v) is 13.5. The minimum Gasteiger partial charge on any atom is -0.497 e. The normalized spacial score (nSPS) is 20.2. The van der Waals surface area contributed by atoms with Crippen molar-refractivity contribution in [3.05, 3.63) is 23.2 Å². The lowest BCUT2D eigenvalue weighted by Gasteiger charge is -2.30. The highest BCUT2D eigenvalue weighted by Gasteiger charge is 2.30. The largest absolute Gasteiger partial charge is 0.497 e. The number of piperidine rings is 1. The summed E-state index contributed by atoms with van der Waals surface area (Å²) >= 11 is 6.00. The van der Waals surface area contributed by atoms with E-state index in [1.54, 1.807) is 6.07 Å². The molecule has 1 fully saturated rings. The molecule has 8 heteroatoms. The lowest BCUT2D eigenvalue weighted by molar-refractivity contribution is 0.316. The summed E-state index contributed by atoms with van der Waals surface area (Å²) in [5, 5.41) is 0.194. The molecule has 1 aliphatic rings. The molecule has 5 nitrogen and oxygen atoms in total. The Balaban J connectivity index is 0.00000200. The summed E-state index contributed by atoms with van der Waals surface area (Å²) in [4.78, 5) is 0.0719. The Kier molecular flexibility index (Phi) is 6.09. The number of sulfonamides is 1. The van der Waals surface area contributed by atoms with Crippen molar-refractivity contribution in [1.82, 2.24) is 4.31 Å². The van der Waals surface area contributed by atoms with Gasteiger partial charge in [-0.2, -0.15) is 4.31 Å². The highest BCUT2D eigenvalue weighted by atomic mass is 35.5. The fourth-order valence-corrected chi connectivity index (χ4v) is 4.16. The van der Waals surface area contributed by atoms with Crippen molar-refractivity contribution in [1.29, 1.82) is 0 Å². The molecule has 0 bridgehead atoms. The van der Waals surface area contributed by atoms with E-state index in [-0.39, 0.29) is 28.4 Å². The smallest absolute Gasteiger partial charge is 0.244 e. The lowest BCUT2D eigenvalue weighted by atomic mass is 10.1. The first-order valence-electron chi connectivity index (χ1n) is 6.04. The van der Waals surface area contributed by atoms with Crippen molar-refractivity contribution >= 4 is 34.0 Å². The summed E-state index contributed by atoms with van der Waals surface area (Å²) in [6, 6.07) is 4.48. The monoisotopic (exact) mass is 340 g/mol. The number of halogens is 2. The van der Waals surface area contributed by atoms with Gasteiger partial charge in [0.1, 0.15) is 10.6 Å². The van der Waals surface area contributed by atoms with Gasteiger partial charge in [-0.3, -0.25) is 0 Å². The van der Waals surface area contributed by atoms with Gasteiger partial charge >= 0.3 is 0 Å². The van der Waals surface area contributed by atoms with E-state index in [1.807, 2.05) is 0 Å². The van der Waals surface area contributed by atoms with Crippen molar-refractivity contribution < 1.29 is 13.2 Å². The molecular weight excluding hydrogens is 323 g/mol. The van der Waals surface area contributed by atoms with E-state index in [1.165, 1.54) is 23.5 Å². The molecule has 1 heterocycles. The Morgan fingerprint density at radius 2 is 2.15 bits per heavy atom. The van der Waals surface area contributed by atoms with Crippen LogP contribution in [-0.2, 0) is 10.0 Å². The number of ether oxygens (including phenoxy) is 1. The maximum absolute atomic E-state index is 12.6. The summed E-state index contributed by atoms with van der Waals surface area (Å²) in [7, 11) is -2.13. The van der Waals surface area contributed by atoms with E-state index in [0.717, 1.165) is 12.8 Å². The average Bonchev–Trinajstić information content (AvgIpc) is 2.39. The Bertz CT molecular complexity index is 566. The van der Waals surface area contributed by atoms with Gasteiger partial charge in [0.2, 0.25) is 10.0 Å². The van der Waals surface area contributed by atoms with Crippen molar-refractivity contribution in [2.24, 2.45) is 5.73 Å². The fraction of sp³-hybridized carbons (Fsp3) is 0.500. The van der Waals surface area contributed by atoms with E-state index in [0.29, 0.717) is 18.8 Å². The van der Waals surface area contributed by atoms with Gasteiger partial charge in [0.25, 0.3) is 0 Å². The number of hydrogen-bond donors (Lipinski definition) is 1.